The molecule has 0 bridgehead atoms. The van der Waals surface area contributed by atoms with E-state index in [-0.39, 0.29) is 18.1 Å². The van der Waals surface area contributed by atoms with E-state index in [2.05, 4.69) is 17.0 Å². The summed E-state index contributed by atoms with van der Waals surface area (Å²) in [5.41, 5.74) is 2.30. The van der Waals surface area contributed by atoms with Crippen LogP contribution in [0.1, 0.15) is 37.0 Å². The molecule has 0 aliphatic carbocycles. The zero-order valence-electron chi connectivity index (χ0n) is 18.4. The summed E-state index contributed by atoms with van der Waals surface area (Å²) in [5.74, 6) is 1.90. The number of rotatable bonds is 4. The van der Waals surface area contributed by atoms with Crippen LogP contribution in [0.2, 0.25) is 0 Å². The Morgan fingerprint density at radius 3 is 2.32 bits per heavy atom. The highest BCUT2D eigenvalue weighted by Gasteiger charge is 2.41. The van der Waals surface area contributed by atoms with Gasteiger partial charge in [-0.1, -0.05) is 6.07 Å². The number of carbonyl (C=O) groups is 1. The van der Waals surface area contributed by atoms with Gasteiger partial charge in [0.15, 0.2) is 11.5 Å². The number of fused-ring (bicyclic) bond motifs is 7. The minimum absolute atomic E-state index is 0.208. The lowest BCUT2D eigenvalue weighted by molar-refractivity contribution is -0.150. The molecule has 0 amide bonds. The molecule has 0 N–H and O–H groups in total. The molecule has 2 unspecified atom stereocenters. The van der Waals surface area contributed by atoms with E-state index in [0.29, 0.717) is 11.5 Å². The average Bonchev–Trinajstić information content (AvgIpc) is 3.26. The minimum Gasteiger partial charge on any atom is -0.497 e. The van der Waals surface area contributed by atoms with E-state index < -0.39 is 0 Å². The monoisotopic (exact) mass is 421 g/mol. The molecule has 162 valence electrons. The third kappa shape index (κ3) is 3.08. The average molecular weight is 421 g/mol. The van der Waals surface area contributed by atoms with Crippen molar-refractivity contribution in [2.45, 2.75) is 38.5 Å². The van der Waals surface area contributed by atoms with Crippen LogP contribution in [0.5, 0.6) is 17.2 Å². The maximum Gasteiger partial charge on any atom is 0.303 e. The lowest BCUT2D eigenvalue weighted by Gasteiger charge is -2.39. The van der Waals surface area contributed by atoms with Gasteiger partial charge in [-0.3, -0.25) is 9.69 Å². The Bertz CT molecular complexity index is 1190. The summed E-state index contributed by atoms with van der Waals surface area (Å²) < 4.78 is 22.7. The molecule has 3 aromatic rings. The highest BCUT2D eigenvalue weighted by Crippen LogP contribution is 2.48. The van der Waals surface area contributed by atoms with Gasteiger partial charge in [0, 0.05) is 19.0 Å². The number of esters is 1. The van der Waals surface area contributed by atoms with Crippen LogP contribution in [0.15, 0.2) is 30.3 Å². The second kappa shape index (κ2) is 7.61. The molecule has 0 aromatic heterocycles. The fraction of sp³-hybridized carbons (Fsp3) is 0.400. The van der Waals surface area contributed by atoms with Crippen molar-refractivity contribution in [3.05, 3.63) is 41.5 Å². The second-order valence-corrected chi connectivity index (χ2v) is 8.27. The van der Waals surface area contributed by atoms with E-state index in [1.54, 1.807) is 21.3 Å². The molecule has 5 rings (SSSR count). The van der Waals surface area contributed by atoms with Crippen LogP contribution in [-0.2, 0) is 16.1 Å². The number of ether oxygens (including phenoxy) is 4. The van der Waals surface area contributed by atoms with E-state index in [1.165, 1.54) is 12.5 Å². The molecule has 6 heteroatoms. The van der Waals surface area contributed by atoms with Crippen molar-refractivity contribution in [2.75, 3.05) is 27.9 Å². The first kappa shape index (κ1) is 19.9. The Morgan fingerprint density at radius 2 is 1.65 bits per heavy atom. The largest absolute Gasteiger partial charge is 0.497 e. The Kier molecular flexibility index (Phi) is 4.89. The van der Waals surface area contributed by atoms with Gasteiger partial charge in [0.2, 0.25) is 0 Å². The number of benzene rings is 3. The van der Waals surface area contributed by atoms with Crippen molar-refractivity contribution < 1.29 is 23.7 Å². The van der Waals surface area contributed by atoms with Crippen molar-refractivity contribution in [3.63, 3.8) is 0 Å². The van der Waals surface area contributed by atoms with Gasteiger partial charge in [-0.05, 0) is 70.8 Å². The van der Waals surface area contributed by atoms with Crippen LogP contribution in [0.3, 0.4) is 0 Å². The van der Waals surface area contributed by atoms with E-state index >= 15 is 0 Å². The molecule has 6 nitrogen and oxygen atoms in total. The fourth-order valence-corrected chi connectivity index (χ4v) is 5.37. The van der Waals surface area contributed by atoms with E-state index in [1.807, 2.05) is 18.2 Å². The highest BCUT2D eigenvalue weighted by atomic mass is 16.5. The van der Waals surface area contributed by atoms with E-state index in [0.717, 1.165) is 58.8 Å². The molecule has 31 heavy (non-hydrogen) atoms. The van der Waals surface area contributed by atoms with Gasteiger partial charge < -0.3 is 18.9 Å². The van der Waals surface area contributed by atoms with Crippen molar-refractivity contribution in [2.24, 2.45) is 0 Å². The Balaban J connectivity index is 1.90. The summed E-state index contributed by atoms with van der Waals surface area (Å²) in [5, 5.41) is 4.31. The molecule has 2 heterocycles. The topological polar surface area (TPSA) is 57.2 Å². The summed E-state index contributed by atoms with van der Waals surface area (Å²) in [6.45, 7) is 3.33. The van der Waals surface area contributed by atoms with Crippen LogP contribution in [-0.4, -0.2) is 44.8 Å². The van der Waals surface area contributed by atoms with E-state index in [4.69, 9.17) is 18.9 Å². The maximum absolute atomic E-state index is 12.1. The predicted molar refractivity (Wildman–Crippen MR) is 119 cm³/mol. The normalized spacial score (nSPS) is 20.4. The molecular formula is C25H27NO5. The highest BCUT2D eigenvalue weighted by molar-refractivity contribution is 6.12. The predicted octanol–water partition coefficient (Wildman–Crippen LogP) is 4.60. The van der Waals surface area contributed by atoms with Crippen LogP contribution in [0.25, 0.3) is 21.5 Å². The summed E-state index contributed by atoms with van der Waals surface area (Å²) in [6.07, 6.45) is 1.84. The van der Waals surface area contributed by atoms with Gasteiger partial charge in [0.05, 0.1) is 27.4 Å². The van der Waals surface area contributed by atoms with Gasteiger partial charge in [-0.2, -0.15) is 0 Å². The lowest BCUT2D eigenvalue weighted by atomic mass is 9.83. The van der Waals surface area contributed by atoms with Crippen LogP contribution in [0.4, 0.5) is 0 Å². The standard InChI is InChI=1S/C25H27NO5/c1-14(27)31-25-21-6-5-9-26(21)13-20-19-12-23(30-4)22(29-3)11-18(19)17-10-15(28-2)7-8-16(17)24(20)25/h7-8,10-12,21,25H,5-6,9,13H2,1-4H3. The molecule has 0 saturated carbocycles. The van der Waals surface area contributed by atoms with Gasteiger partial charge in [-0.15, -0.1) is 0 Å². The number of hydrogen-bond donors (Lipinski definition) is 0. The third-order valence-electron chi connectivity index (χ3n) is 6.68. The molecular weight excluding hydrogens is 394 g/mol. The van der Waals surface area contributed by atoms with E-state index in [9.17, 15) is 4.79 Å². The number of carbonyl (C=O) groups excluding carboxylic acids is 1. The molecule has 2 aliphatic heterocycles. The summed E-state index contributed by atoms with van der Waals surface area (Å²) in [7, 11) is 4.97. The van der Waals surface area contributed by atoms with Gasteiger partial charge in [-0.25, -0.2) is 0 Å². The fourth-order valence-electron chi connectivity index (χ4n) is 5.37. The molecule has 1 saturated heterocycles. The summed E-state index contributed by atoms with van der Waals surface area (Å²) >= 11 is 0. The number of nitrogens with zero attached hydrogens (tertiary/aromatic N) is 1. The maximum atomic E-state index is 12.1. The molecule has 1 fully saturated rings. The zero-order valence-corrected chi connectivity index (χ0v) is 18.4. The third-order valence-corrected chi connectivity index (χ3v) is 6.68. The zero-order chi connectivity index (χ0) is 21.7. The molecule has 0 spiro atoms. The Morgan fingerprint density at radius 1 is 0.935 bits per heavy atom. The first-order valence-electron chi connectivity index (χ1n) is 10.6. The Hall–Kier alpha value is -2.99. The van der Waals surface area contributed by atoms with Crippen molar-refractivity contribution in [1.82, 2.24) is 4.90 Å². The van der Waals surface area contributed by atoms with Gasteiger partial charge in [0.25, 0.3) is 0 Å². The smallest absolute Gasteiger partial charge is 0.303 e. The molecule has 3 aromatic carbocycles. The summed E-state index contributed by atoms with van der Waals surface area (Å²) in [4.78, 5) is 14.5. The van der Waals surface area contributed by atoms with Crippen molar-refractivity contribution in [1.29, 1.82) is 0 Å². The van der Waals surface area contributed by atoms with Crippen LogP contribution in [0, 0.1) is 0 Å². The molecule has 0 radical (unpaired) electrons. The SMILES string of the molecule is COc1ccc2c3c(c4cc(OC)c(OC)cc4c2c1)CN1CCCC1C3OC(C)=O. The first-order chi connectivity index (χ1) is 15.0. The van der Waals surface area contributed by atoms with Gasteiger partial charge >= 0.3 is 5.97 Å². The minimum atomic E-state index is -0.294. The summed E-state index contributed by atoms with van der Waals surface area (Å²) in [6, 6.07) is 10.4. The quantitative estimate of drug-likeness (QED) is 0.453. The first-order valence-corrected chi connectivity index (χ1v) is 10.6. The van der Waals surface area contributed by atoms with Crippen LogP contribution >= 0.6 is 0 Å². The lowest BCUT2D eigenvalue weighted by Crippen LogP contribution is -2.40. The molecule has 2 atom stereocenters. The van der Waals surface area contributed by atoms with Gasteiger partial charge in [0.1, 0.15) is 11.9 Å². The van der Waals surface area contributed by atoms with Crippen molar-refractivity contribution in [3.8, 4) is 17.2 Å². The second-order valence-electron chi connectivity index (χ2n) is 8.27. The Labute approximate surface area is 181 Å². The number of hydrogen-bond acceptors (Lipinski definition) is 6. The van der Waals surface area contributed by atoms with Crippen molar-refractivity contribution >= 4 is 27.5 Å². The van der Waals surface area contributed by atoms with Crippen LogP contribution < -0.4 is 14.2 Å². The number of methoxy groups -OCH3 is 3. The molecule has 2 aliphatic rings.